The number of thioether (sulfide) groups is 1. The SMILES string of the molecule is CCN(C(=O)C(C)Sc1nnc(-c2ccncc2)n1CCOC)C1CCCCC1. The van der Waals surface area contributed by atoms with E-state index in [4.69, 9.17) is 4.74 Å². The summed E-state index contributed by atoms with van der Waals surface area (Å²) in [5.74, 6) is 0.961. The highest BCUT2D eigenvalue weighted by molar-refractivity contribution is 8.00. The van der Waals surface area contributed by atoms with Crippen LogP contribution in [0.4, 0.5) is 0 Å². The number of carbonyl (C=O) groups is 1. The molecule has 1 atom stereocenters. The molecule has 0 aliphatic heterocycles. The number of pyridine rings is 1. The number of hydrogen-bond acceptors (Lipinski definition) is 6. The Morgan fingerprint density at radius 3 is 2.66 bits per heavy atom. The number of aromatic nitrogens is 4. The molecular weight excluding hydrogens is 386 g/mol. The zero-order valence-corrected chi connectivity index (χ0v) is 18.4. The first-order chi connectivity index (χ1) is 14.2. The second kappa shape index (κ2) is 10.7. The lowest BCUT2D eigenvalue weighted by atomic mass is 9.94. The highest BCUT2D eigenvalue weighted by Gasteiger charge is 2.29. The normalized spacial score (nSPS) is 16.0. The van der Waals surface area contributed by atoms with Crippen molar-refractivity contribution in [2.75, 3.05) is 20.3 Å². The molecule has 0 aromatic carbocycles. The second-order valence-corrected chi connectivity index (χ2v) is 8.67. The summed E-state index contributed by atoms with van der Waals surface area (Å²) in [6, 6.07) is 4.21. The van der Waals surface area contributed by atoms with E-state index in [0.717, 1.165) is 35.9 Å². The quantitative estimate of drug-likeness (QED) is 0.580. The van der Waals surface area contributed by atoms with Gasteiger partial charge in [-0.15, -0.1) is 10.2 Å². The van der Waals surface area contributed by atoms with Crippen LogP contribution in [-0.4, -0.2) is 62.1 Å². The number of hydrogen-bond donors (Lipinski definition) is 0. The van der Waals surface area contributed by atoms with E-state index in [1.807, 2.05) is 23.6 Å². The number of nitrogens with zero attached hydrogens (tertiary/aromatic N) is 5. The Morgan fingerprint density at radius 1 is 1.28 bits per heavy atom. The van der Waals surface area contributed by atoms with E-state index in [0.29, 0.717) is 19.2 Å². The molecule has 29 heavy (non-hydrogen) atoms. The minimum Gasteiger partial charge on any atom is -0.383 e. The summed E-state index contributed by atoms with van der Waals surface area (Å²) in [4.78, 5) is 19.3. The Labute approximate surface area is 177 Å². The van der Waals surface area contributed by atoms with Gasteiger partial charge in [-0.05, 0) is 38.8 Å². The molecule has 0 bridgehead atoms. The number of carbonyl (C=O) groups excluding carboxylic acids is 1. The summed E-state index contributed by atoms with van der Waals surface area (Å²) in [6.45, 7) is 5.99. The van der Waals surface area contributed by atoms with Gasteiger partial charge in [0.1, 0.15) is 0 Å². The monoisotopic (exact) mass is 417 g/mol. The predicted octanol–water partition coefficient (Wildman–Crippen LogP) is 3.65. The van der Waals surface area contributed by atoms with Crippen LogP contribution in [0.15, 0.2) is 29.7 Å². The van der Waals surface area contributed by atoms with Crippen molar-refractivity contribution < 1.29 is 9.53 Å². The van der Waals surface area contributed by atoms with Crippen LogP contribution in [-0.2, 0) is 16.1 Å². The number of methoxy groups -OCH3 is 1. The zero-order chi connectivity index (χ0) is 20.6. The van der Waals surface area contributed by atoms with Crippen molar-refractivity contribution in [3.63, 3.8) is 0 Å². The van der Waals surface area contributed by atoms with E-state index in [-0.39, 0.29) is 11.2 Å². The molecule has 1 saturated carbocycles. The Balaban J connectivity index is 1.77. The molecule has 1 fully saturated rings. The average molecular weight is 418 g/mol. The molecule has 0 N–H and O–H groups in total. The van der Waals surface area contributed by atoms with Crippen molar-refractivity contribution in [2.45, 2.75) is 68.9 Å². The fourth-order valence-electron chi connectivity index (χ4n) is 3.90. The molecule has 1 amide bonds. The Hall–Kier alpha value is -1.93. The Kier molecular flexibility index (Phi) is 8.06. The maximum Gasteiger partial charge on any atom is 0.236 e. The Bertz CT molecular complexity index is 777. The summed E-state index contributed by atoms with van der Waals surface area (Å²) >= 11 is 1.48. The predicted molar refractivity (Wildman–Crippen MR) is 115 cm³/mol. The molecule has 1 unspecified atom stereocenters. The minimum absolute atomic E-state index is 0.191. The van der Waals surface area contributed by atoms with E-state index in [2.05, 4.69) is 27.0 Å². The smallest absolute Gasteiger partial charge is 0.236 e. The topological polar surface area (TPSA) is 73.1 Å². The average Bonchev–Trinajstić information content (AvgIpc) is 3.16. The van der Waals surface area contributed by atoms with Crippen molar-refractivity contribution in [2.24, 2.45) is 0 Å². The van der Waals surface area contributed by atoms with Gasteiger partial charge >= 0.3 is 0 Å². The lowest BCUT2D eigenvalue weighted by molar-refractivity contribution is -0.133. The summed E-state index contributed by atoms with van der Waals surface area (Å²) in [7, 11) is 1.68. The standard InChI is InChI=1S/C21H31N5O2S/c1-4-25(18-8-6-5-7-9-18)20(27)16(2)29-21-24-23-19(26(21)14-15-28-3)17-10-12-22-13-11-17/h10-13,16,18H,4-9,14-15H2,1-3H3. The summed E-state index contributed by atoms with van der Waals surface area (Å²) < 4.78 is 7.31. The zero-order valence-electron chi connectivity index (χ0n) is 17.6. The highest BCUT2D eigenvalue weighted by atomic mass is 32.2. The molecule has 8 heteroatoms. The minimum atomic E-state index is -0.215. The van der Waals surface area contributed by atoms with Gasteiger partial charge in [0.05, 0.1) is 18.4 Å². The Morgan fingerprint density at radius 2 is 2.00 bits per heavy atom. The molecule has 3 rings (SSSR count). The molecule has 0 spiro atoms. The van der Waals surface area contributed by atoms with Crippen molar-refractivity contribution in [1.29, 1.82) is 0 Å². The second-order valence-electron chi connectivity index (χ2n) is 7.36. The largest absolute Gasteiger partial charge is 0.383 e. The van der Waals surface area contributed by atoms with Crippen molar-refractivity contribution >= 4 is 17.7 Å². The lowest BCUT2D eigenvalue weighted by Gasteiger charge is -2.35. The molecule has 1 aliphatic carbocycles. The van der Waals surface area contributed by atoms with E-state index < -0.39 is 0 Å². The molecule has 0 saturated heterocycles. The first kappa shape index (κ1) is 21.8. The van der Waals surface area contributed by atoms with E-state index >= 15 is 0 Å². The molecule has 158 valence electrons. The van der Waals surface area contributed by atoms with Crippen molar-refractivity contribution in [3.8, 4) is 11.4 Å². The molecule has 7 nitrogen and oxygen atoms in total. The van der Waals surface area contributed by atoms with Gasteiger partial charge in [0.2, 0.25) is 5.91 Å². The van der Waals surface area contributed by atoms with E-state index in [1.54, 1.807) is 19.5 Å². The van der Waals surface area contributed by atoms with Gasteiger partial charge in [0, 0.05) is 37.7 Å². The van der Waals surface area contributed by atoms with E-state index in [9.17, 15) is 4.79 Å². The summed E-state index contributed by atoms with van der Waals surface area (Å²) in [5, 5.41) is 9.31. The fraction of sp³-hybridized carbons (Fsp3) is 0.619. The maximum atomic E-state index is 13.2. The van der Waals surface area contributed by atoms with Crippen molar-refractivity contribution in [1.82, 2.24) is 24.6 Å². The van der Waals surface area contributed by atoms with Gasteiger partial charge < -0.3 is 9.64 Å². The third kappa shape index (κ3) is 5.36. The van der Waals surface area contributed by atoms with Crippen LogP contribution in [0.1, 0.15) is 46.0 Å². The fourth-order valence-corrected chi connectivity index (χ4v) is 4.85. The maximum absolute atomic E-state index is 13.2. The van der Waals surface area contributed by atoms with E-state index in [1.165, 1.54) is 31.0 Å². The highest BCUT2D eigenvalue weighted by Crippen LogP contribution is 2.29. The third-order valence-corrected chi connectivity index (χ3v) is 6.51. The van der Waals surface area contributed by atoms with Gasteiger partial charge in [-0.2, -0.15) is 0 Å². The molecule has 2 aromatic rings. The van der Waals surface area contributed by atoms with Crippen LogP contribution in [0.25, 0.3) is 11.4 Å². The third-order valence-electron chi connectivity index (χ3n) is 5.44. The summed E-state index contributed by atoms with van der Waals surface area (Å²) in [6.07, 6.45) is 9.44. The number of rotatable bonds is 9. The summed E-state index contributed by atoms with van der Waals surface area (Å²) in [5.41, 5.74) is 0.951. The van der Waals surface area contributed by atoms with Crippen LogP contribution in [0.5, 0.6) is 0 Å². The molecule has 1 aliphatic rings. The van der Waals surface area contributed by atoms with Crippen molar-refractivity contribution in [3.05, 3.63) is 24.5 Å². The van der Waals surface area contributed by atoms with Crippen LogP contribution in [0, 0.1) is 0 Å². The van der Waals surface area contributed by atoms with Crippen LogP contribution < -0.4 is 0 Å². The van der Waals surface area contributed by atoms with Gasteiger partial charge in [-0.3, -0.25) is 14.3 Å². The first-order valence-electron chi connectivity index (χ1n) is 10.4. The molecule has 2 aromatic heterocycles. The molecular formula is C21H31N5O2S. The number of ether oxygens (including phenoxy) is 1. The first-order valence-corrected chi connectivity index (χ1v) is 11.3. The van der Waals surface area contributed by atoms with Gasteiger partial charge in [0.15, 0.2) is 11.0 Å². The van der Waals surface area contributed by atoms with Gasteiger partial charge in [0.25, 0.3) is 0 Å². The number of amides is 1. The van der Waals surface area contributed by atoms with Crippen LogP contribution in [0.2, 0.25) is 0 Å². The molecule has 0 radical (unpaired) electrons. The van der Waals surface area contributed by atoms with Crippen LogP contribution >= 0.6 is 11.8 Å². The van der Waals surface area contributed by atoms with Crippen LogP contribution in [0.3, 0.4) is 0 Å². The van der Waals surface area contributed by atoms with Gasteiger partial charge in [-0.1, -0.05) is 31.0 Å². The molecule has 2 heterocycles. The lowest BCUT2D eigenvalue weighted by Crippen LogP contribution is -2.44. The van der Waals surface area contributed by atoms with Gasteiger partial charge in [-0.25, -0.2) is 0 Å².